The number of H-pyrrole nitrogens is 1. The minimum Gasteiger partial charge on any atom is -0.394 e. The highest BCUT2D eigenvalue weighted by Gasteiger charge is 2.44. The highest BCUT2D eigenvalue weighted by Crippen LogP contribution is 2.27. The van der Waals surface area contributed by atoms with Crippen LogP contribution in [0.3, 0.4) is 0 Å². The summed E-state index contributed by atoms with van der Waals surface area (Å²) in [6, 6.07) is 0.954. The van der Waals surface area contributed by atoms with E-state index in [1.165, 1.54) is 0 Å². The first-order chi connectivity index (χ1) is 8.45. The fraction of sp³-hybridized carbons (Fsp3) is 0.556. The number of aromatic amines is 1. The molecule has 1 aliphatic heterocycles. The quantitative estimate of drug-likeness (QED) is 0.373. The van der Waals surface area contributed by atoms with Gasteiger partial charge in [-0.15, -0.1) is 0 Å². The minimum absolute atomic E-state index is 0.118. The number of anilines is 1. The SMILES string of the molecule is Nc1cc(=O)n(C2O[C@H](CO)[C@@H](O)[C@H]2O)c(=O)[nH]1. The predicted octanol–water partition coefficient (Wildman–Crippen LogP) is -3.27. The molecule has 0 aliphatic carbocycles. The van der Waals surface area contributed by atoms with Gasteiger partial charge in [0.15, 0.2) is 6.23 Å². The largest absolute Gasteiger partial charge is 0.394 e. The summed E-state index contributed by atoms with van der Waals surface area (Å²) in [7, 11) is 0. The summed E-state index contributed by atoms with van der Waals surface area (Å²) >= 11 is 0. The average Bonchev–Trinajstić information content (AvgIpc) is 2.56. The summed E-state index contributed by atoms with van der Waals surface area (Å²) in [6.07, 6.45) is -5.31. The number of rotatable bonds is 2. The summed E-state index contributed by atoms with van der Waals surface area (Å²) in [4.78, 5) is 25.4. The molecule has 2 rings (SSSR count). The van der Waals surface area contributed by atoms with Crippen molar-refractivity contribution in [2.45, 2.75) is 24.5 Å². The molecule has 1 unspecified atom stereocenters. The van der Waals surface area contributed by atoms with E-state index in [0.29, 0.717) is 4.57 Å². The van der Waals surface area contributed by atoms with E-state index in [1.54, 1.807) is 0 Å². The molecular weight excluding hydrogens is 246 g/mol. The van der Waals surface area contributed by atoms with Crippen LogP contribution in [0.1, 0.15) is 6.23 Å². The first kappa shape index (κ1) is 12.8. The number of aliphatic hydroxyl groups is 3. The van der Waals surface area contributed by atoms with Crippen LogP contribution in [0.5, 0.6) is 0 Å². The lowest BCUT2D eigenvalue weighted by atomic mass is 10.1. The molecule has 18 heavy (non-hydrogen) atoms. The lowest BCUT2D eigenvalue weighted by Crippen LogP contribution is -2.42. The molecule has 9 nitrogen and oxygen atoms in total. The zero-order valence-electron chi connectivity index (χ0n) is 9.18. The molecule has 0 bridgehead atoms. The Morgan fingerprint density at radius 2 is 2.06 bits per heavy atom. The second-order valence-corrected chi connectivity index (χ2v) is 3.97. The van der Waals surface area contributed by atoms with Crippen molar-refractivity contribution >= 4 is 5.82 Å². The maximum absolute atomic E-state index is 11.6. The van der Waals surface area contributed by atoms with E-state index in [-0.39, 0.29) is 5.82 Å². The normalized spacial score (nSPS) is 31.7. The lowest BCUT2D eigenvalue weighted by molar-refractivity contribution is -0.0564. The number of aromatic nitrogens is 2. The van der Waals surface area contributed by atoms with Gasteiger partial charge in [0, 0.05) is 6.07 Å². The van der Waals surface area contributed by atoms with Crippen LogP contribution in [0.15, 0.2) is 15.7 Å². The van der Waals surface area contributed by atoms with E-state index in [4.69, 9.17) is 15.6 Å². The topological polar surface area (TPSA) is 151 Å². The Morgan fingerprint density at radius 3 is 2.56 bits per heavy atom. The van der Waals surface area contributed by atoms with Gasteiger partial charge in [-0.2, -0.15) is 0 Å². The number of nitrogens with one attached hydrogen (secondary N) is 1. The Kier molecular flexibility index (Phi) is 3.22. The maximum Gasteiger partial charge on any atom is 0.332 e. The van der Waals surface area contributed by atoms with Gasteiger partial charge in [-0.3, -0.25) is 9.78 Å². The van der Waals surface area contributed by atoms with Crippen LogP contribution in [0.25, 0.3) is 0 Å². The molecule has 1 aromatic rings. The molecule has 4 atom stereocenters. The number of nitrogens with two attached hydrogens (primary N) is 1. The summed E-state index contributed by atoms with van der Waals surface area (Å²) < 4.78 is 5.67. The standard InChI is InChI=1S/C9H13N3O6/c10-4-1-5(14)12(9(17)11-4)8-7(16)6(15)3(2-13)18-8/h1,3,6-8,13,15-16H,2,10H2,(H,11,17)/t3-,6-,7-,8?/m1/s1. The molecule has 0 spiro atoms. The first-order valence-electron chi connectivity index (χ1n) is 5.19. The highest BCUT2D eigenvalue weighted by atomic mass is 16.6. The van der Waals surface area contributed by atoms with Gasteiger partial charge in [0.1, 0.15) is 24.1 Å². The van der Waals surface area contributed by atoms with E-state index in [9.17, 15) is 19.8 Å². The molecule has 0 amide bonds. The van der Waals surface area contributed by atoms with Crippen LogP contribution < -0.4 is 17.0 Å². The van der Waals surface area contributed by atoms with Crippen molar-refractivity contribution in [3.63, 3.8) is 0 Å². The van der Waals surface area contributed by atoms with Gasteiger partial charge < -0.3 is 25.8 Å². The third-order valence-electron chi connectivity index (χ3n) is 2.76. The fourth-order valence-corrected chi connectivity index (χ4v) is 1.86. The van der Waals surface area contributed by atoms with E-state index in [1.807, 2.05) is 0 Å². The number of hydrogen-bond acceptors (Lipinski definition) is 7. The number of hydrogen-bond donors (Lipinski definition) is 5. The van der Waals surface area contributed by atoms with Gasteiger partial charge in [-0.25, -0.2) is 9.36 Å². The summed E-state index contributed by atoms with van der Waals surface area (Å²) in [6.45, 7) is -0.545. The highest BCUT2D eigenvalue weighted by molar-refractivity contribution is 5.23. The predicted molar refractivity (Wildman–Crippen MR) is 58.7 cm³/mol. The van der Waals surface area contributed by atoms with Gasteiger partial charge in [-0.1, -0.05) is 0 Å². The zero-order chi connectivity index (χ0) is 13.4. The van der Waals surface area contributed by atoms with E-state index >= 15 is 0 Å². The number of ether oxygens (including phenoxy) is 1. The monoisotopic (exact) mass is 259 g/mol. The van der Waals surface area contributed by atoms with Crippen molar-refractivity contribution in [1.82, 2.24) is 9.55 Å². The molecule has 1 aromatic heterocycles. The molecule has 1 fully saturated rings. The van der Waals surface area contributed by atoms with Gasteiger partial charge in [0.05, 0.1) is 6.61 Å². The molecule has 2 heterocycles. The van der Waals surface area contributed by atoms with Crippen molar-refractivity contribution < 1.29 is 20.1 Å². The van der Waals surface area contributed by atoms with Crippen molar-refractivity contribution in [3.05, 3.63) is 26.9 Å². The maximum atomic E-state index is 11.6. The average molecular weight is 259 g/mol. The summed E-state index contributed by atoms with van der Waals surface area (Å²) in [5.41, 5.74) is 3.64. The minimum atomic E-state index is -1.50. The lowest BCUT2D eigenvalue weighted by Gasteiger charge is -2.16. The molecule has 1 aliphatic rings. The number of nitrogens with zero attached hydrogens (tertiary/aromatic N) is 1. The molecule has 0 aromatic carbocycles. The molecular formula is C9H13N3O6. The third-order valence-corrected chi connectivity index (χ3v) is 2.76. The van der Waals surface area contributed by atoms with E-state index < -0.39 is 42.4 Å². The van der Waals surface area contributed by atoms with Crippen LogP contribution in [-0.4, -0.2) is 49.8 Å². The number of nitrogen functional groups attached to an aromatic ring is 1. The van der Waals surface area contributed by atoms with Crippen molar-refractivity contribution in [2.24, 2.45) is 0 Å². The van der Waals surface area contributed by atoms with Crippen LogP contribution >= 0.6 is 0 Å². The van der Waals surface area contributed by atoms with Crippen molar-refractivity contribution in [2.75, 3.05) is 12.3 Å². The summed E-state index contributed by atoms with van der Waals surface area (Å²) in [5.74, 6) is -0.118. The van der Waals surface area contributed by atoms with E-state index in [0.717, 1.165) is 6.07 Å². The smallest absolute Gasteiger partial charge is 0.332 e. The van der Waals surface area contributed by atoms with Gasteiger partial charge in [-0.05, 0) is 0 Å². The fourth-order valence-electron chi connectivity index (χ4n) is 1.86. The Balaban J connectivity index is 2.45. The molecule has 0 saturated carbocycles. The molecule has 1 saturated heterocycles. The molecule has 6 N–H and O–H groups in total. The van der Waals surface area contributed by atoms with Crippen molar-refractivity contribution in [1.29, 1.82) is 0 Å². The molecule has 9 heteroatoms. The van der Waals surface area contributed by atoms with Gasteiger partial charge in [0.25, 0.3) is 5.56 Å². The van der Waals surface area contributed by atoms with Gasteiger partial charge >= 0.3 is 5.69 Å². The Hall–Kier alpha value is -1.68. The first-order valence-corrected chi connectivity index (χ1v) is 5.19. The van der Waals surface area contributed by atoms with Gasteiger partial charge in [0.2, 0.25) is 0 Å². The summed E-state index contributed by atoms with van der Waals surface area (Å²) in [5, 5.41) is 28.2. The second-order valence-electron chi connectivity index (χ2n) is 3.97. The van der Waals surface area contributed by atoms with E-state index in [2.05, 4.69) is 4.98 Å². The van der Waals surface area contributed by atoms with Crippen LogP contribution in [0.2, 0.25) is 0 Å². The third kappa shape index (κ3) is 1.93. The van der Waals surface area contributed by atoms with Crippen LogP contribution in [0.4, 0.5) is 5.82 Å². The Bertz CT molecular complexity index is 521. The molecule has 0 radical (unpaired) electrons. The van der Waals surface area contributed by atoms with Crippen LogP contribution in [-0.2, 0) is 4.74 Å². The van der Waals surface area contributed by atoms with Crippen molar-refractivity contribution in [3.8, 4) is 0 Å². The second kappa shape index (κ2) is 4.53. The zero-order valence-corrected chi connectivity index (χ0v) is 9.18. The number of aliphatic hydroxyl groups excluding tert-OH is 3. The Morgan fingerprint density at radius 1 is 1.39 bits per heavy atom. The van der Waals surface area contributed by atoms with Crippen LogP contribution in [0, 0.1) is 0 Å². The molecule has 100 valence electrons. The Labute approximate surface area is 100 Å².